The zero-order valence-electron chi connectivity index (χ0n) is 10.3. The Kier molecular flexibility index (Phi) is 2.67. The van der Waals surface area contributed by atoms with Crippen LogP contribution in [0.4, 0.5) is 0 Å². The van der Waals surface area contributed by atoms with Gasteiger partial charge in [0.05, 0.1) is 11.0 Å². The van der Waals surface area contributed by atoms with Crippen molar-refractivity contribution in [2.45, 2.75) is 13.3 Å². The van der Waals surface area contributed by atoms with Crippen LogP contribution < -0.4 is 5.46 Å². The monoisotopic (exact) mass is 232 g/mol. The molecule has 0 fully saturated rings. The van der Waals surface area contributed by atoms with Crippen LogP contribution in [0, 0.1) is 6.92 Å². The summed E-state index contributed by atoms with van der Waals surface area (Å²) in [6, 6.07) is 14.2. The van der Waals surface area contributed by atoms with Gasteiger partial charge < -0.3 is 4.98 Å². The van der Waals surface area contributed by atoms with E-state index in [2.05, 4.69) is 22.1 Å². The smallest absolute Gasteiger partial charge is 0.114 e. The number of rotatable bonds is 2. The van der Waals surface area contributed by atoms with Gasteiger partial charge in [0.2, 0.25) is 0 Å². The second kappa shape index (κ2) is 4.33. The molecular formula is C15H13BN2. The maximum absolute atomic E-state index is 5.89. The van der Waals surface area contributed by atoms with Crippen LogP contribution in [0.2, 0.25) is 0 Å². The summed E-state index contributed by atoms with van der Waals surface area (Å²) in [5, 5.41) is 0. The number of fused-ring (bicyclic) bond motifs is 1. The highest BCUT2D eigenvalue weighted by Gasteiger charge is 2.06. The van der Waals surface area contributed by atoms with Crippen molar-refractivity contribution < 1.29 is 0 Å². The summed E-state index contributed by atoms with van der Waals surface area (Å²) in [6.07, 6.45) is 0.814. The third kappa shape index (κ3) is 1.92. The molecule has 0 amide bonds. The van der Waals surface area contributed by atoms with Crippen molar-refractivity contribution in [3.63, 3.8) is 0 Å². The van der Waals surface area contributed by atoms with Crippen molar-refractivity contribution in [3.05, 3.63) is 59.4 Å². The van der Waals surface area contributed by atoms with E-state index in [1.54, 1.807) is 0 Å². The molecule has 0 saturated heterocycles. The second-order valence-electron chi connectivity index (χ2n) is 4.52. The lowest BCUT2D eigenvalue weighted by Gasteiger charge is -1.98. The van der Waals surface area contributed by atoms with Gasteiger partial charge in [0.25, 0.3) is 0 Å². The fourth-order valence-corrected chi connectivity index (χ4v) is 2.15. The summed E-state index contributed by atoms with van der Waals surface area (Å²) >= 11 is 0. The summed E-state index contributed by atoms with van der Waals surface area (Å²) in [6.45, 7) is 2.00. The molecule has 2 nitrogen and oxygen atoms in total. The standard InChI is InChI=1S/C15H13BN2/c1-10-12(16)7-8-13-15(10)18-14(17-13)9-11-5-3-2-4-6-11/h2-8H,9H2,1H3,(H,17,18). The Morgan fingerprint density at radius 3 is 2.67 bits per heavy atom. The first-order valence-corrected chi connectivity index (χ1v) is 6.01. The van der Waals surface area contributed by atoms with Gasteiger partial charge >= 0.3 is 0 Å². The van der Waals surface area contributed by atoms with E-state index in [9.17, 15) is 0 Å². The number of imidazole rings is 1. The molecule has 3 rings (SSSR count). The molecule has 0 bridgehead atoms. The molecule has 0 aliphatic heterocycles. The first kappa shape index (κ1) is 11.1. The third-order valence-corrected chi connectivity index (χ3v) is 3.21. The van der Waals surface area contributed by atoms with Crippen LogP contribution in [0.3, 0.4) is 0 Å². The Bertz CT molecular complexity index is 686. The predicted molar refractivity (Wildman–Crippen MR) is 75.5 cm³/mol. The number of aromatic amines is 1. The molecule has 0 atom stereocenters. The van der Waals surface area contributed by atoms with Crippen LogP contribution in [-0.2, 0) is 6.42 Å². The number of benzene rings is 2. The highest BCUT2D eigenvalue weighted by molar-refractivity contribution is 6.34. The molecule has 1 N–H and O–H groups in total. The molecule has 0 unspecified atom stereocenters. The van der Waals surface area contributed by atoms with Crippen molar-refractivity contribution in [2.75, 3.05) is 0 Å². The number of nitrogens with zero attached hydrogens (tertiary/aromatic N) is 1. The quantitative estimate of drug-likeness (QED) is 0.674. The Labute approximate surface area is 107 Å². The third-order valence-electron chi connectivity index (χ3n) is 3.21. The lowest BCUT2D eigenvalue weighted by Crippen LogP contribution is -2.06. The Hall–Kier alpha value is -2.03. The van der Waals surface area contributed by atoms with Crippen molar-refractivity contribution >= 4 is 24.3 Å². The van der Waals surface area contributed by atoms with Gasteiger partial charge in [-0.05, 0) is 24.1 Å². The maximum Gasteiger partial charge on any atom is 0.114 e. The Morgan fingerprint density at radius 2 is 1.89 bits per heavy atom. The van der Waals surface area contributed by atoms with Gasteiger partial charge in [-0.25, -0.2) is 4.98 Å². The average molecular weight is 232 g/mol. The SMILES string of the molecule is [B]c1ccc2[nH]c(Cc3ccccc3)nc2c1C. The predicted octanol–water partition coefficient (Wildman–Crippen LogP) is 2.26. The Balaban J connectivity index is 2.02. The van der Waals surface area contributed by atoms with Crippen molar-refractivity contribution in [2.24, 2.45) is 0 Å². The van der Waals surface area contributed by atoms with Crippen molar-refractivity contribution in [3.8, 4) is 0 Å². The van der Waals surface area contributed by atoms with Gasteiger partial charge in [-0.1, -0.05) is 41.9 Å². The molecule has 1 heterocycles. The van der Waals surface area contributed by atoms with E-state index in [0.29, 0.717) is 0 Å². The van der Waals surface area contributed by atoms with Crippen LogP contribution in [0.15, 0.2) is 42.5 Å². The minimum Gasteiger partial charge on any atom is -0.342 e. The number of H-pyrrole nitrogens is 1. The van der Waals surface area contributed by atoms with Gasteiger partial charge in [0.1, 0.15) is 13.7 Å². The minimum atomic E-state index is 0.792. The molecule has 0 saturated carbocycles. The lowest BCUT2D eigenvalue weighted by atomic mass is 9.91. The van der Waals surface area contributed by atoms with E-state index in [4.69, 9.17) is 7.85 Å². The maximum atomic E-state index is 5.89. The number of hydrogen-bond donors (Lipinski definition) is 1. The number of hydrogen-bond acceptors (Lipinski definition) is 1. The highest BCUT2D eigenvalue weighted by Crippen LogP contribution is 2.15. The molecule has 0 aliphatic carbocycles. The molecule has 2 radical (unpaired) electrons. The minimum absolute atomic E-state index is 0.792. The summed E-state index contributed by atoms with van der Waals surface area (Å²) < 4.78 is 0. The van der Waals surface area contributed by atoms with E-state index in [1.165, 1.54) is 5.56 Å². The zero-order valence-corrected chi connectivity index (χ0v) is 10.3. The van der Waals surface area contributed by atoms with E-state index >= 15 is 0 Å². The largest absolute Gasteiger partial charge is 0.342 e. The highest BCUT2D eigenvalue weighted by atomic mass is 14.9. The number of aromatic nitrogens is 2. The van der Waals surface area contributed by atoms with Gasteiger partial charge in [0, 0.05) is 6.42 Å². The molecule has 0 spiro atoms. The zero-order chi connectivity index (χ0) is 12.5. The summed E-state index contributed by atoms with van der Waals surface area (Å²) in [5.41, 5.74) is 5.11. The van der Waals surface area contributed by atoms with Crippen LogP contribution in [0.25, 0.3) is 11.0 Å². The second-order valence-corrected chi connectivity index (χ2v) is 4.52. The van der Waals surface area contributed by atoms with Gasteiger partial charge in [-0.3, -0.25) is 0 Å². The molecule has 18 heavy (non-hydrogen) atoms. The molecular weight excluding hydrogens is 219 g/mol. The van der Waals surface area contributed by atoms with E-state index in [0.717, 1.165) is 34.3 Å². The van der Waals surface area contributed by atoms with E-state index < -0.39 is 0 Å². The fraction of sp³-hybridized carbons (Fsp3) is 0.133. The summed E-state index contributed by atoms with van der Waals surface area (Å²) in [7, 11) is 5.89. The molecule has 3 heteroatoms. The molecule has 86 valence electrons. The lowest BCUT2D eigenvalue weighted by molar-refractivity contribution is 1.04. The molecule has 0 aliphatic rings. The summed E-state index contributed by atoms with van der Waals surface area (Å²) in [4.78, 5) is 7.98. The topological polar surface area (TPSA) is 28.7 Å². The first-order valence-electron chi connectivity index (χ1n) is 6.01. The molecule has 2 aromatic carbocycles. The number of nitrogens with one attached hydrogen (secondary N) is 1. The van der Waals surface area contributed by atoms with Crippen LogP contribution in [0.1, 0.15) is 17.0 Å². The average Bonchev–Trinajstić information content (AvgIpc) is 2.79. The fourth-order valence-electron chi connectivity index (χ4n) is 2.15. The van der Waals surface area contributed by atoms with Gasteiger partial charge in [-0.2, -0.15) is 0 Å². The van der Waals surface area contributed by atoms with Crippen LogP contribution in [0.5, 0.6) is 0 Å². The van der Waals surface area contributed by atoms with Crippen molar-refractivity contribution in [1.29, 1.82) is 0 Å². The normalized spacial score (nSPS) is 10.9. The van der Waals surface area contributed by atoms with Crippen molar-refractivity contribution in [1.82, 2.24) is 9.97 Å². The van der Waals surface area contributed by atoms with Crippen LogP contribution >= 0.6 is 0 Å². The van der Waals surface area contributed by atoms with Crippen LogP contribution in [-0.4, -0.2) is 17.8 Å². The van der Waals surface area contributed by atoms with Gasteiger partial charge in [0.15, 0.2) is 0 Å². The van der Waals surface area contributed by atoms with Gasteiger partial charge in [-0.15, -0.1) is 0 Å². The molecule has 1 aromatic heterocycles. The Morgan fingerprint density at radius 1 is 1.11 bits per heavy atom. The number of aryl methyl sites for hydroxylation is 1. The summed E-state index contributed by atoms with van der Waals surface area (Å²) in [5.74, 6) is 0.977. The molecule has 3 aromatic rings. The van der Waals surface area contributed by atoms with E-state index in [-0.39, 0.29) is 0 Å². The first-order chi connectivity index (χ1) is 8.74. The van der Waals surface area contributed by atoms with E-state index in [1.807, 2.05) is 37.3 Å².